The van der Waals surface area contributed by atoms with Gasteiger partial charge in [0.2, 0.25) is 0 Å². The Balaban J connectivity index is 2.18. The topological polar surface area (TPSA) is 69.4 Å². The van der Waals surface area contributed by atoms with Crippen LogP contribution >= 0.6 is 0 Å². The first-order valence-corrected chi connectivity index (χ1v) is 4.54. The van der Waals surface area contributed by atoms with E-state index >= 15 is 0 Å². The summed E-state index contributed by atoms with van der Waals surface area (Å²) >= 11 is 0. The highest BCUT2D eigenvalue weighted by Crippen LogP contribution is 2.36. The molecule has 0 N–H and O–H groups in total. The number of hydrogen-bond donors (Lipinski definition) is 0. The maximum atomic E-state index is 10.9. The SMILES string of the molecule is C[C@H]1C(=O)O[C@H]1c1ccc([N+](=O)[O-])cc1. The summed E-state index contributed by atoms with van der Waals surface area (Å²) in [6, 6.07) is 6.06. The van der Waals surface area contributed by atoms with E-state index in [9.17, 15) is 14.9 Å². The fraction of sp³-hybridized carbons (Fsp3) is 0.300. The number of nitrogens with zero attached hydrogens (tertiary/aromatic N) is 1. The van der Waals surface area contributed by atoms with Crippen molar-refractivity contribution in [2.24, 2.45) is 5.92 Å². The van der Waals surface area contributed by atoms with Crippen LogP contribution in [-0.2, 0) is 9.53 Å². The molecular formula is C10H9NO4. The van der Waals surface area contributed by atoms with Gasteiger partial charge in [-0.15, -0.1) is 0 Å². The Kier molecular flexibility index (Phi) is 2.15. The molecule has 0 bridgehead atoms. The Morgan fingerprint density at radius 3 is 2.33 bits per heavy atom. The maximum absolute atomic E-state index is 10.9. The highest BCUT2D eigenvalue weighted by Gasteiger charge is 2.39. The number of cyclic esters (lactones) is 1. The molecule has 78 valence electrons. The average molecular weight is 207 g/mol. The lowest BCUT2D eigenvalue weighted by Gasteiger charge is -2.32. The highest BCUT2D eigenvalue weighted by atomic mass is 16.6. The molecule has 0 spiro atoms. The van der Waals surface area contributed by atoms with Crippen LogP contribution in [-0.4, -0.2) is 10.9 Å². The molecule has 5 nitrogen and oxygen atoms in total. The van der Waals surface area contributed by atoms with Crippen LogP contribution in [0.2, 0.25) is 0 Å². The zero-order valence-electron chi connectivity index (χ0n) is 8.04. The Labute approximate surface area is 85.8 Å². The van der Waals surface area contributed by atoms with Crippen molar-refractivity contribution in [1.29, 1.82) is 0 Å². The number of nitro benzene ring substituents is 1. The molecule has 2 rings (SSSR count). The number of nitro groups is 1. The molecule has 5 heteroatoms. The third-order valence-electron chi connectivity index (χ3n) is 2.50. The summed E-state index contributed by atoms with van der Waals surface area (Å²) in [7, 11) is 0. The molecule has 0 unspecified atom stereocenters. The quantitative estimate of drug-likeness (QED) is 0.421. The zero-order chi connectivity index (χ0) is 11.0. The number of benzene rings is 1. The van der Waals surface area contributed by atoms with E-state index in [0.29, 0.717) is 0 Å². The van der Waals surface area contributed by atoms with Gasteiger partial charge in [0.15, 0.2) is 0 Å². The van der Waals surface area contributed by atoms with Crippen molar-refractivity contribution in [3.8, 4) is 0 Å². The van der Waals surface area contributed by atoms with Gasteiger partial charge in [-0.2, -0.15) is 0 Å². The van der Waals surface area contributed by atoms with Crippen molar-refractivity contribution < 1.29 is 14.5 Å². The van der Waals surface area contributed by atoms with E-state index in [1.165, 1.54) is 12.1 Å². The van der Waals surface area contributed by atoms with Crippen molar-refractivity contribution in [2.75, 3.05) is 0 Å². The summed E-state index contributed by atoms with van der Waals surface area (Å²) in [4.78, 5) is 20.8. The molecule has 2 atom stereocenters. The lowest BCUT2D eigenvalue weighted by Crippen LogP contribution is -2.36. The van der Waals surface area contributed by atoms with Gasteiger partial charge >= 0.3 is 5.97 Å². The highest BCUT2D eigenvalue weighted by molar-refractivity contribution is 5.78. The molecule has 1 fully saturated rings. The number of hydrogen-bond acceptors (Lipinski definition) is 4. The van der Waals surface area contributed by atoms with Crippen molar-refractivity contribution in [3.63, 3.8) is 0 Å². The second-order valence-corrected chi connectivity index (χ2v) is 3.49. The molecule has 1 aliphatic rings. The fourth-order valence-corrected chi connectivity index (χ4v) is 1.53. The predicted octanol–water partition coefficient (Wildman–Crippen LogP) is 1.83. The van der Waals surface area contributed by atoms with Gasteiger partial charge in [-0.25, -0.2) is 0 Å². The Morgan fingerprint density at radius 1 is 1.33 bits per heavy atom. The molecule has 15 heavy (non-hydrogen) atoms. The van der Waals surface area contributed by atoms with Gasteiger partial charge in [-0.05, 0) is 24.6 Å². The smallest absolute Gasteiger partial charge is 0.313 e. The van der Waals surface area contributed by atoms with Gasteiger partial charge in [0.25, 0.3) is 5.69 Å². The summed E-state index contributed by atoms with van der Waals surface area (Å²) in [5.41, 5.74) is 0.838. The minimum Gasteiger partial charge on any atom is -0.456 e. The zero-order valence-corrected chi connectivity index (χ0v) is 8.04. The molecule has 0 amide bonds. The van der Waals surface area contributed by atoms with Crippen LogP contribution in [0.4, 0.5) is 5.69 Å². The molecule has 1 saturated heterocycles. The van der Waals surface area contributed by atoms with E-state index in [1.54, 1.807) is 19.1 Å². The molecule has 0 aliphatic carbocycles. The van der Waals surface area contributed by atoms with Crippen molar-refractivity contribution in [3.05, 3.63) is 39.9 Å². The molecule has 0 radical (unpaired) electrons. The molecule has 0 aromatic heterocycles. The van der Waals surface area contributed by atoms with Gasteiger partial charge in [0, 0.05) is 12.1 Å². The van der Waals surface area contributed by atoms with Crippen molar-refractivity contribution in [2.45, 2.75) is 13.0 Å². The fourth-order valence-electron chi connectivity index (χ4n) is 1.53. The summed E-state index contributed by atoms with van der Waals surface area (Å²) in [5, 5.41) is 10.4. The number of carbonyl (C=O) groups excluding carboxylic acids is 1. The molecule has 1 heterocycles. The summed E-state index contributed by atoms with van der Waals surface area (Å²) in [5.74, 6) is -0.384. The standard InChI is InChI=1S/C10H9NO4/c1-6-9(15-10(6)12)7-2-4-8(5-3-7)11(13)14/h2-6,9H,1H3/t6-,9-/m1/s1. The van der Waals surface area contributed by atoms with E-state index in [0.717, 1.165) is 5.56 Å². The number of esters is 1. The van der Waals surface area contributed by atoms with Crippen LogP contribution in [0.1, 0.15) is 18.6 Å². The van der Waals surface area contributed by atoms with Crippen LogP contribution in [0.3, 0.4) is 0 Å². The molecule has 1 aromatic rings. The number of non-ortho nitro benzene ring substituents is 1. The van der Waals surface area contributed by atoms with E-state index < -0.39 is 4.92 Å². The monoisotopic (exact) mass is 207 g/mol. The number of ether oxygens (including phenoxy) is 1. The van der Waals surface area contributed by atoms with Gasteiger partial charge in [-0.1, -0.05) is 0 Å². The van der Waals surface area contributed by atoms with Crippen LogP contribution in [0, 0.1) is 16.0 Å². The first kappa shape index (κ1) is 9.64. The predicted molar refractivity (Wildman–Crippen MR) is 51.1 cm³/mol. The van der Waals surface area contributed by atoms with Crippen LogP contribution in [0.5, 0.6) is 0 Å². The molecule has 1 aromatic carbocycles. The Bertz CT molecular complexity index is 412. The van der Waals surface area contributed by atoms with Crippen LogP contribution < -0.4 is 0 Å². The maximum Gasteiger partial charge on any atom is 0.313 e. The van der Waals surface area contributed by atoms with Crippen LogP contribution in [0.15, 0.2) is 24.3 Å². The first-order valence-electron chi connectivity index (χ1n) is 4.54. The second kappa shape index (κ2) is 3.34. The molecular weight excluding hydrogens is 198 g/mol. The van der Waals surface area contributed by atoms with Crippen molar-refractivity contribution in [1.82, 2.24) is 0 Å². The third-order valence-corrected chi connectivity index (χ3v) is 2.50. The van der Waals surface area contributed by atoms with E-state index in [2.05, 4.69) is 0 Å². The first-order chi connectivity index (χ1) is 7.09. The molecule has 0 saturated carbocycles. The lowest BCUT2D eigenvalue weighted by molar-refractivity contribution is -0.384. The summed E-state index contributed by atoms with van der Waals surface area (Å²) in [6.07, 6.45) is -0.252. The van der Waals surface area contributed by atoms with E-state index in [1.807, 2.05) is 0 Å². The number of carbonyl (C=O) groups is 1. The van der Waals surface area contributed by atoms with E-state index in [-0.39, 0.29) is 23.7 Å². The third kappa shape index (κ3) is 1.56. The largest absolute Gasteiger partial charge is 0.456 e. The lowest BCUT2D eigenvalue weighted by atomic mass is 9.92. The Morgan fingerprint density at radius 2 is 1.93 bits per heavy atom. The molecule has 1 aliphatic heterocycles. The number of rotatable bonds is 2. The normalized spacial score (nSPS) is 24.2. The van der Waals surface area contributed by atoms with E-state index in [4.69, 9.17) is 4.74 Å². The minimum atomic E-state index is -0.458. The Hall–Kier alpha value is -1.91. The van der Waals surface area contributed by atoms with Crippen molar-refractivity contribution >= 4 is 11.7 Å². The van der Waals surface area contributed by atoms with Gasteiger partial charge in [0.1, 0.15) is 6.10 Å². The van der Waals surface area contributed by atoms with Crippen LogP contribution in [0.25, 0.3) is 0 Å². The second-order valence-electron chi connectivity index (χ2n) is 3.49. The van der Waals surface area contributed by atoms with Gasteiger partial charge in [-0.3, -0.25) is 14.9 Å². The summed E-state index contributed by atoms with van der Waals surface area (Å²) in [6.45, 7) is 1.78. The van der Waals surface area contributed by atoms with Gasteiger partial charge in [0.05, 0.1) is 10.8 Å². The summed E-state index contributed by atoms with van der Waals surface area (Å²) < 4.78 is 4.93. The minimum absolute atomic E-state index is 0.0389. The average Bonchev–Trinajstić information content (AvgIpc) is 2.25. The van der Waals surface area contributed by atoms with Gasteiger partial charge < -0.3 is 4.74 Å².